The van der Waals surface area contributed by atoms with Gasteiger partial charge in [-0.25, -0.2) is 0 Å². The van der Waals surface area contributed by atoms with Gasteiger partial charge in [0.1, 0.15) is 0 Å². The van der Waals surface area contributed by atoms with E-state index in [1.807, 2.05) is 6.07 Å². The summed E-state index contributed by atoms with van der Waals surface area (Å²) in [5, 5.41) is 14.1. The lowest BCUT2D eigenvalue weighted by Gasteiger charge is -2.06. The quantitative estimate of drug-likeness (QED) is 0.651. The van der Waals surface area contributed by atoms with E-state index in [0.29, 0.717) is 11.0 Å². The van der Waals surface area contributed by atoms with Gasteiger partial charge in [0.15, 0.2) is 0 Å². The van der Waals surface area contributed by atoms with Gasteiger partial charge >= 0.3 is 0 Å². The Kier molecular flexibility index (Phi) is 4.21. The zero-order valence-corrected chi connectivity index (χ0v) is 13.0. The lowest BCUT2D eigenvalue weighted by atomic mass is 10.2. The second-order valence-electron chi connectivity index (χ2n) is 4.22. The van der Waals surface area contributed by atoms with Crippen LogP contribution < -0.4 is 5.32 Å². The minimum Gasteiger partial charge on any atom is -0.381 e. The van der Waals surface area contributed by atoms with Crippen LogP contribution in [0.25, 0.3) is 0 Å². The van der Waals surface area contributed by atoms with Crippen molar-refractivity contribution in [1.82, 2.24) is 0 Å². The molecule has 19 heavy (non-hydrogen) atoms. The number of nitro groups is 1. The number of anilines is 1. The molecule has 0 saturated heterocycles. The highest BCUT2D eigenvalue weighted by atomic mass is 79.9. The number of hydrogen-bond acceptors (Lipinski definition) is 4. The molecular weight excluding hydrogens is 328 g/mol. The summed E-state index contributed by atoms with van der Waals surface area (Å²) >= 11 is 4.93. The van der Waals surface area contributed by atoms with Crippen LogP contribution in [0, 0.1) is 24.0 Å². The Morgan fingerprint density at radius 2 is 2.11 bits per heavy atom. The predicted molar refractivity (Wildman–Crippen MR) is 81.9 cm³/mol. The SMILES string of the molecule is Cc1cc(CNc2ccc(Br)c([N+](=O)[O-])c2)c(C)s1. The molecular formula is C13H13BrN2O2S. The number of thiophene rings is 1. The number of rotatable bonds is 4. The second kappa shape index (κ2) is 5.71. The van der Waals surface area contributed by atoms with Crippen LogP contribution in [0.2, 0.25) is 0 Å². The third-order valence-electron chi connectivity index (χ3n) is 2.77. The highest BCUT2D eigenvalue weighted by Crippen LogP contribution is 2.28. The van der Waals surface area contributed by atoms with Crippen molar-refractivity contribution in [2.75, 3.05) is 5.32 Å². The van der Waals surface area contributed by atoms with Gasteiger partial charge in [-0.2, -0.15) is 0 Å². The van der Waals surface area contributed by atoms with E-state index >= 15 is 0 Å². The number of aryl methyl sites for hydroxylation is 2. The number of nitro benzene ring substituents is 1. The predicted octanol–water partition coefficient (Wildman–Crippen LogP) is 4.65. The van der Waals surface area contributed by atoms with Gasteiger partial charge < -0.3 is 5.32 Å². The Labute approximate surface area is 123 Å². The molecule has 0 saturated carbocycles. The summed E-state index contributed by atoms with van der Waals surface area (Å²) in [6.45, 7) is 4.83. The van der Waals surface area contributed by atoms with Crippen molar-refractivity contribution in [2.24, 2.45) is 0 Å². The van der Waals surface area contributed by atoms with Gasteiger partial charge in [-0.05, 0) is 53.5 Å². The first-order chi connectivity index (χ1) is 8.97. The number of hydrogen-bond donors (Lipinski definition) is 1. The van der Waals surface area contributed by atoms with E-state index in [1.54, 1.807) is 23.5 Å². The van der Waals surface area contributed by atoms with E-state index in [1.165, 1.54) is 15.3 Å². The molecule has 0 aliphatic carbocycles. The normalized spacial score (nSPS) is 10.5. The maximum atomic E-state index is 10.9. The summed E-state index contributed by atoms with van der Waals surface area (Å²) in [6, 6.07) is 7.19. The first-order valence-electron chi connectivity index (χ1n) is 5.71. The molecule has 0 aliphatic heterocycles. The van der Waals surface area contributed by atoms with E-state index in [4.69, 9.17) is 0 Å². The fraction of sp³-hybridized carbons (Fsp3) is 0.231. The highest BCUT2D eigenvalue weighted by Gasteiger charge is 2.12. The van der Waals surface area contributed by atoms with Gasteiger partial charge in [-0.1, -0.05) is 0 Å². The fourth-order valence-corrected chi connectivity index (χ4v) is 3.16. The first kappa shape index (κ1) is 14.0. The third kappa shape index (κ3) is 3.33. The average molecular weight is 341 g/mol. The lowest BCUT2D eigenvalue weighted by molar-refractivity contribution is -0.385. The average Bonchev–Trinajstić information content (AvgIpc) is 2.66. The molecule has 0 atom stereocenters. The smallest absolute Gasteiger partial charge is 0.285 e. The van der Waals surface area contributed by atoms with Crippen molar-refractivity contribution in [1.29, 1.82) is 0 Å². The summed E-state index contributed by atoms with van der Waals surface area (Å²) in [6.07, 6.45) is 0. The zero-order valence-electron chi connectivity index (χ0n) is 10.6. The van der Waals surface area contributed by atoms with Crippen LogP contribution in [0.15, 0.2) is 28.7 Å². The first-order valence-corrected chi connectivity index (χ1v) is 7.32. The molecule has 0 radical (unpaired) electrons. The van der Waals surface area contributed by atoms with E-state index in [0.717, 1.165) is 5.69 Å². The van der Waals surface area contributed by atoms with Crippen molar-refractivity contribution in [3.05, 3.63) is 54.2 Å². The fourth-order valence-electron chi connectivity index (χ4n) is 1.82. The van der Waals surface area contributed by atoms with Crippen LogP contribution >= 0.6 is 27.3 Å². The Morgan fingerprint density at radius 3 is 2.68 bits per heavy atom. The molecule has 6 heteroatoms. The maximum absolute atomic E-state index is 10.9. The largest absolute Gasteiger partial charge is 0.381 e. The molecule has 0 unspecified atom stereocenters. The number of halogens is 1. The van der Waals surface area contributed by atoms with Crippen molar-refractivity contribution in [3.63, 3.8) is 0 Å². The maximum Gasteiger partial charge on any atom is 0.285 e. The Balaban J connectivity index is 2.14. The summed E-state index contributed by atoms with van der Waals surface area (Å²) in [7, 11) is 0. The minimum absolute atomic E-state index is 0.0724. The van der Waals surface area contributed by atoms with Gasteiger partial charge in [-0.3, -0.25) is 10.1 Å². The monoisotopic (exact) mass is 340 g/mol. The highest BCUT2D eigenvalue weighted by molar-refractivity contribution is 9.10. The standard InChI is InChI=1S/C13H13BrN2O2S/c1-8-5-10(9(2)19-8)7-15-11-3-4-12(14)13(6-11)16(17)18/h3-6,15H,7H2,1-2H3. The molecule has 1 heterocycles. The molecule has 4 nitrogen and oxygen atoms in total. The summed E-state index contributed by atoms with van der Waals surface area (Å²) in [4.78, 5) is 13.0. The third-order valence-corrected chi connectivity index (χ3v) is 4.45. The van der Waals surface area contributed by atoms with Crippen LogP contribution in [0.5, 0.6) is 0 Å². The number of nitrogens with one attached hydrogen (secondary N) is 1. The van der Waals surface area contributed by atoms with Crippen molar-refractivity contribution in [2.45, 2.75) is 20.4 Å². The van der Waals surface area contributed by atoms with E-state index < -0.39 is 4.92 Å². The molecule has 1 aromatic heterocycles. The van der Waals surface area contributed by atoms with Crippen molar-refractivity contribution in [3.8, 4) is 0 Å². The van der Waals surface area contributed by atoms with E-state index in [2.05, 4.69) is 41.2 Å². The Hall–Kier alpha value is -1.40. The van der Waals surface area contributed by atoms with Crippen molar-refractivity contribution >= 4 is 38.6 Å². The van der Waals surface area contributed by atoms with Gasteiger partial charge in [0.2, 0.25) is 0 Å². The van der Waals surface area contributed by atoms with Crippen LogP contribution in [0.4, 0.5) is 11.4 Å². The summed E-state index contributed by atoms with van der Waals surface area (Å²) < 4.78 is 0.491. The number of benzene rings is 1. The summed E-state index contributed by atoms with van der Waals surface area (Å²) in [5.41, 5.74) is 2.05. The van der Waals surface area contributed by atoms with Gasteiger partial charge in [0, 0.05) is 28.1 Å². The number of nitrogens with zero attached hydrogens (tertiary/aromatic N) is 1. The molecule has 100 valence electrons. The molecule has 0 spiro atoms. The van der Waals surface area contributed by atoms with E-state index in [9.17, 15) is 10.1 Å². The molecule has 0 aliphatic rings. The minimum atomic E-state index is -0.394. The van der Waals surface area contributed by atoms with Crippen LogP contribution in [-0.4, -0.2) is 4.92 Å². The lowest BCUT2D eigenvalue weighted by Crippen LogP contribution is -2.00. The Bertz CT molecular complexity index is 625. The van der Waals surface area contributed by atoms with Crippen LogP contribution in [0.3, 0.4) is 0 Å². The van der Waals surface area contributed by atoms with Crippen LogP contribution in [0.1, 0.15) is 15.3 Å². The van der Waals surface area contributed by atoms with Crippen LogP contribution in [-0.2, 0) is 6.54 Å². The molecule has 2 aromatic rings. The summed E-state index contributed by atoms with van der Waals surface area (Å²) in [5.74, 6) is 0. The topological polar surface area (TPSA) is 55.2 Å². The zero-order chi connectivity index (χ0) is 14.0. The van der Waals surface area contributed by atoms with Gasteiger partial charge in [0.05, 0.1) is 9.40 Å². The molecule has 1 N–H and O–H groups in total. The molecule has 2 rings (SSSR count). The molecule has 0 bridgehead atoms. The van der Waals surface area contributed by atoms with Gasteiger partial charge in [0.25, 0.3) is 5.69 Å². The van der Waals surface area contributed by atoms with Crippen molar-refractivity contribution < 1.29 is 4.92 Å². The molecule has 0 amide bonds. The molecule has 1 aromatic carbocycles. The Morgan fingerprint density at radius 1 is 1.37 bits per heavy atom. The second-order valence-corrected chi connectivity index (χ2v) is 6.53. The molecule has 0 fully saturated rings. The van der Waals surface area contributed by atoms with E-state index in [-0.39, 0.29) is 5.69 Å². The van der Waals surface area contributed by atoms with Gasteiger partial charge in [-0.15, -0.1) is 11.3 Å².